The molecule has 0 amide bonds. The molecule has 27 heavy (non-hydrogen) atoms. The van der Waals surface area contributed by atoms with Gasteiger partial charge in [-0.2, -0.15) is 0 Å². The molecule has 154 valence electrons. The van der Waals surface area contributed by atoms with Gasteiger partial charge in [-0.15, -0.1) is 0 Å². The Bertz CT molecular complexity index is 615. The summed E-state index contributed by atoms with van der Waals surface area (Å²) in [6.07, 6.45) is 1.45. The van der Waals surface area contributed by atoms with E-state index in [1.807, 2.05) is 0 Å². The minimum absolute atomic E-state index is 0.242. The van der Waals surface area contributed by atoms with Gasteiger partial charge in [0.2, 0.25) is 0 Å². The summed E-state index contributed by atoms with van der Waals surface area (Å²) >= 11 is 0. The molecule has 1 aromatic rings. The summed E-state index contributed by atoms with van der Waals surface area (Å²) in [7, 11) is -3.18. The molecule has 1 fully saturated rings. The minimum atomic E-state index is -1.81. The summed E-state index contributed by atoms with van der Waals surface area (Å²) in [5.41, 5.74) is 2.24. The Hall–Kier alpha value is -0.386. The van der Waals surface area contributed by atoms with Gasteiger partial charge in [-0.25, -0.2) is 0 Å². The fraction of sp³-hybridized carbons (Fsp3) is 0.750. The molecular formula is C24H44OSi2. The molecule has 0 unspecified atom stereocenters. The molecule has 0 bridgehead atoms. The summed E-state index contributed by atoms with van der Waals surface area (Å²) in [5.74, 6) is 0. The van der Waals surface area contributed by atoms with Crippen LogP contribution in [0.5, 0.6) is 0 Å². The lowest BCUT2D eigenvalue weighted by atomic mass is 10.1. The zero-order valence-electron chi connectivity index (χ0n) is 19.9. The third-order valence-corrected chi connectivity index (χ3v) is 20.0. The normalized spacial score (nSPS) is 21.8. The van der Waals surface area contributed by atoms with Crippen molar-refractivity contribution in [2.45, 2.75) is 115 Å². The highest BCUT2D eigenvalue weighted by molar-refractivity contribution is 6.95. The maximum Gasteiger partial charge on any atom is 0.192 e. The van der Waals surface area contributed by atoms with E-state index >= 15 is 0 Å². The fourth-order valence-corrected chi connectivity index (χ4v) is 14.6. The van der Waals surface area contributed by atoms with Crippen molar-refractivity contribution in [3.8, 4) is 0 Å². The molecule has 0 aliphatic carbocycles. The Morgan fingerprint density at radius 1 is 0.926 bits per heavy atom. The maximum absolute atomic E-state index is 7.02. The third-order valence-electron chi connectivity index (χ3n) is 7.69. The fourth-order valence-electron chi connectivity index (χ4n) is 5.29. The number of hydrogen-bond donors (Lipinski definition) is 0. The van der Waals surface area contributed by atoms with Gasteiger partial charge in [-0.1, -0.05) is 98.7 Å². The molecule has 1 aromatic carbocycles. The van der Waals surface area contributed by atoms with Crippen molar-refractivity contribution in [2.75, 3.05) is 0 Å². The van der Waals surface area contributed by atoms with Gasteiger partial charge >= 0.3 is 0 Å². The average Bonchev–Trinajstić information content (AvgIpc) is 3.21. The molecule has 1 saturated heterocycles. The van der Waals surface area contributed by atoms with E-state index < -0.39 is 16.4 Å². The first-order valence-corrected chi connectivity index (χ1v) is 15.9. The van der Waals surface area contributed by atoms with Gasteiger partial charge in [-0.05, 0) is 45.7 Å². The first-order chi connectivity index (χ1) is 12.0. The Morgan fingerprint density at radius 2 is 1.41 bits per heavy atom. The quantitative estimate of drug-likeness (QED) is 0.446. The summed E-state index contributed by atoms with van der Waals surface area (Å²) in [6.45, 7) is 26.8. The average molecular weight is 405 g/mol. The van der Waals surface area contributed by atoms with E-state index in [9.17, 15) is 0 Å². The van der Waals surface area contributed by atoms with Crippen LogP contribution in [0.4, 0.5) is 0 Å². The third kappa shape index (κ3) is 4.46. The Balaban J connectivity index is 2.32. The van der Waals surface area contributed by atoms with Crippen LogP contribution in [-0.2, 0) is 4.43 Å². The monoisotopic (exact) mass is 404 g/mol. The smallest absolute Gasteiger partial charge is 0.192 e. The van der Waals surface area contributed by atoms with Crippen molar-refractivity contribution in [2.24, 2.45) is 0 Å². The van der Waals surface area contributed by atoms with E-state index in [0.717, 1.165) is 5.54 Å². The standard InChI is InChI=1S/C24H44OSi2/c1-22(2,3)26(10,11)25-21(19-15-13-12-14-16-19)17-20-18-27(20,23(4,5)6)24(7,8)9/h12-16,20-21H,17-18H2,1-11H3/t20-,21+/m1/s1. The highest BCUT2D eigenvalue weighted by Gasteiger charge is 2.68. The predicted octanol–water partition coefficient (Wildman–Crippen LogP) is 8.57. The maximum atomic E-state index is 7.02. The van der Waals surface area contributed by atoms with Crippen molar-refractivity contribution in [3.63, 3.8) is 0 Å². The van der Waals surface area contributed by atoms with E-state index in [-0.39, 0.29) is 11.1 Å². The Labute approximate surface area is 171 Å². The molecule has 0 spiro atoms. The van der Waals surface area contributed by atoms with Gasteiger partial charge in [-0.3, -0.25) is 0 Å². The second kappa shape index (κ2) is 7.14. The van der Waals surface area contributed by atoms with E-state index in [4.69, 9.17) is 4.43 Å². The highest BCUT2D eigenvalue weighted by atomic mass is 28.4. The molecule has 2 rings (SSSR count). The molecule has 1 aliphatic rings. The topological polar surface area (TPSA) is 9.23 Å². The molecule has 1 aliphatic heterocycles. The summed E-state index contributed by atoms with van der Waals surface area (Å²) < 4.78 is 7.02. The minimum Gasteiger partial charge on any atom is -0.410 e. The van der Waals surface area contributed by atoms with Crippen molar-refractivity contribution < 1.29 is 4.43 Å². The van der Waals surface area contributed by atoms with E-state index in [0.29, 0.717) is 10.1 Å². The van der Waals surface area contributed by atoms with Crippen molar-refractivity contribution in [1.29, 1.82) is 0 Å². The van der Waals surface area contributed by atoms with Gasteiger partial charge in [0.25, 0.3) is 0 Å². The second-order valence-electron chi connectivity index (χ2n) is 12.4. The van der Waals surface area contributed by atoms with E-state index in [1.54, 1.807) is 0 Å². The van der Waals surface area contributed by atoms with Gasteiger partial charge < -0.3 is 4.43 Å². The molecule has 3 heteroatoms. The molecule has 0 saturated carbocycles. The lowest BCUT2D eigenvalue weighted by Crippen LogP contribution is -2.42. The van der Waals surface area contributed by atoms with Crippen LogP contribution in [0.1, 0.15) is 80.4 Å². The zero-order chi connectivity index (χ0) is 20.9. The van der Waals surface area contributed by atoms with E-state index in [2.05, 4.69) is 106 Å². The first kappa shape index (κ1) is 22.9. The Morgan fingerprint density at radius 3 is 1.78 bits per heavy atom. The van der Waals surface area contributed by atoms with Gasteiger partial charge in [0.1, 0.15) is 0 Å². The predicted molar refractivity (Wildman–Crippen MR) is 126 cm³/mol. The lowest BCUT2D eigenvalue weighted by Gasteiger charge is -2.43. The van der Waals surface area contributed by atoms with Crippen molar-refractivity contribution >= 4 is 16.4 Å². The molecule has 2 atom stereocenters. The van der Waals surface area contributed by atoms with Gasteiger partial charge in [0, 0.05) is 0 Å². The largest absolute Gasteiger partial charge is 0.410 e. The lowest BCUT2D eigenvalue weighted by molar-refractivity contribution is 0.175. The van der Waals surface area contributed by atoms with Crippen molar-refractivity contribution in [1.82, 2.24) is 0 Å². The van der Waals surface area contributed by atoms with Crippen LogP contribution in [0, 0.1) is 0 Å². The summed E-state index contributed by atoms with van der Waals surface area (Å²) in [4.78, 5) is 0. The summed E-state index contributed by atoms with van der Waals surface area (Å²) in [5, 5.41) is 1.15. The van der Waals surface area contributed by atoms with Crippen molar-refractivity contribution in [3.05, 3.63) is 35.9 Å². The SMILES string of the molecule is CC(C)(C)[Si](C)(C)O[C@@H](C[C@@H]1C[Si]1(C(C)(C)C)C(C)(C)C)c1ccccc1. The zero-order valence-corrected chi connectivity index (χ0v) is 21.9. The number of benzene rings is 1. The second-order valence-corrected chi connectivity index (χ2v) is 23.3. The molecule has 0 N–H and O–H groups in total. The molecule has 1 heterocycles. The molecule has 1 nitrogen and oxygen atoms in total. The summed E-state index contributed by atoms with van der Waals surface area (Å²) in [6, 6.07) is 12.5. The molecule has 0 radical (unpaired) electrons. The van der Waals surface area contributed by atoms with Crippen LogP contribution in [0.15, 0.2) is 30.3 Å². The Kier molecular flexibility index (Phi) is 6.06. The van der Waals surface area contributed by atoms with Crippen LogP contribution in [0.25, 0.3) is 0 Å². The van der Waals surface area contributed by atoms with Crippen LogP contribution >= 0.6 is 0 Å². The first-order valence-electron chi connectivity index (χ1n) is 10.8. The van der Waals surface area contributed by atoms with Crippen LogP contribution < -0.4 is 0 Å². The van der Waals surface area contributed by atoms with Crippen LogP contribution in [0.2, 0.25) is 39.8 Å². The van der Waals surface area contributed by atoms with Gasteiger partial charge in [0.15, 0.2) is 8.32 Å². The van der Waals surface area contributed by atoms with Crippen LogP contribution in [0.3, 0.4) is 0 Å². The van der Waals surface area contributed by atoms with Crippen LogP contribution in [-0.4, -0.2) is 16.4 Å². The van der Waals surface area contributed by atoms with Gasteiger partial charge in [0.05, 0.1) is 14.2 Å². The number of rotatable bonds is 5. The van der Waals surface area contributed by atoms with E-state index in [1.165, 1.54) is 18.0 Å². The molecular weight excluding hydrogens is 360 g/mol. The highest BCUT2D eigenvalue weighted by Crippen LogP contribution is 2.73. The molecule has 0 aromatic heterocycles. The number of hydrogen-bond acceptors (Lipinski definition) is 1.